The van der Waals surface area contributed by atoms with Gasteiger partial charge in [0.05, 0.1) is 0 Å². The predicted molar refractivity (Wildman–Crippen MR) is 94.7 cm³/mol. The molecule has 7 atom stereocenters. The van der Waals surface area contributed by atoms with Crippen molar-refractivity contribution in [1.82, 2.24) is 0 Å². The van der Waals surface area contributed by atoms with E-state index in [2.05, 4.69) is 20.8 Å². The second-order valence-electron chi connectivity index (χ2n) is 10.0. The zero-order valence-electron chi connectivity index (χ0n) is 15.4. The molecule has 4 saturated carbocycles. The average Bonchev–Trinajstić information content (AvgIpc) is 2.84. The van der Waals surface area contributed by atoms with Gasteiger partial charge in [-0.3, -0.25) is 0 Å². The highest BCUT2D eigenvalue weighted by Gasteiger charge is 2.59. The molecule has 126 valence electrons. The summed E-state index contributed by atoms with van der Waals surface area (Å²) in [6.07, 6.45) is 18.5. The Morgan fingerprint density at radius 2 is 1.59 bits per heavy atom. The van der Waals surface area contributed by atoms with Gasteiger partial charge in [0.2, 0.25) is 0 Å². The zero-order chi connectivity index (χ0) is 15.4. The van der Waals surface area contributed by atoms with Crippen molar-refractivity contribution in [3.8, 4) is 0 Å². The first-order valence-corrected chi connectivity index (χ1v) is 10.6. The summed E-state index contributed by atoms with van der Waals surface area (Å²) in [5.41, 5.74) is 1.44. The lowest BCUT2D eigenvalue weighted by molar-refractivity contribution is -0.111. The molecule has 0 aromatic rings. The van der Waals surface area contributed by atoms with Gasteiger partial charge in [-0.2, -0.15) is 0 Å². The third kappa shape index (κ3) is 2.07. The molecule has 0 aromatic carbocycles. The van der Waals surface area contributed by atoms with Crippen molar-refractivity contribution < 1.29 is 0 Å². The molecule has 4 aliphatic carbocycles. The Balaban J connectivity index is 1.59. The van der Waals surface area contributed by atoms with Crippen LogP contribution < -0.4 is 0 Å². The third-order valence-electron chi connectivity index (χ3n) is 9.42. The summed E-state index contributed by atoms with van der Waals surface area (Å²) in [7, 11) is 0. The van der Waals surface area contributed by atoms with Crippen LogP contribution in [0.4, 0.5) is 0 Å². The molecule has 0 aliphatic heterocycles. The van der Waals surface area contributed by atoms with E-state index < -0.39 is 0 Å². The first-order chi connectivity index (χ1) is 10.6. The maximum absolute atomic E-state index is 2.72. The predicted octanol–water partition coefficient (Wildman–Crippen LogP) is 6.84. The lowest BCUT2D eigenvalue weighted by atomic mass is 9.45. The summed E-state index contributed by atoms with van der Waals surface area (Å²) >= 11 is 0. The van der Waals surface area contributed by atoms with Crippen LogP contribution in [0.2, 0.25) is 0 Å². The summed E-state index contributed by atoms with van der Waals surface area (Å²) in [5, 5.41) is 0. The minimum absolute atomic E-state index is 0.717. The molecule has 0 heteroatoms. The zero-order valence-corrected chi connectivity index (χ0v) is 15.4. The highest BCUT2D eigenvalue weighted by molar-refractivity contribution is 5.08. The van der Waals surface area contributed by atoms with E-state index in [-0.39, 0.29) is 0 Å². The first kappa shape index (κ1) is 15.5. The van der Waals surface area contributed by atoms with Gasteiger partial charge in [-0.15, -0.1) is 0 Å². The van der Waals surface area contributed by atoms with Crippen molar-refractivity contribution >= 4 is 0 Å². The average molecular weight is 303 g/mol. The molecule has 0 saturated heterocycles. The molecule has 1 unspecified atom stereocenters. The van der Waals surface area contributed by atoms with Crippen molar-refractivity contribution in [3.05, 3.63) is 0 Å². The van der Waals surface area contributed by atoms with Crippen LogP contribution in [0.3, 0.4) is 0 Å². The topological polar surface area (TPSA) is 0 Å². The molecule has 0 radical (unpaired) electrons. The van der Waals surface area contributed by atoms with Crippen LogP contribution in [-0.4, -0.2) is 0 Å². The highest BCUT2D eigenvalue weighted by Crippen LogP contribution is 2.67. The van der Waals surface area contributed by atoms with Gasteiger partial charge >= 0.3 is 0 Å². The second-order valence-corrected chi connectivity index (χ2v) is 10.0. The third-order valence-corrected chi connectivity index (χ3v) is 9.42. The molecule has 4 aliphatic rings. The van der Waals surface area contributed by atoms with E-state index in [0.717, 1.165) is 40.4 Å². The Morgan fingerprint density at radius 3 is 2.41 bits per heavy atom. The quantitative estimate of drug-likeness (QED) is 0.524. The summed E-state index contributed by atoms with van der Waals surface area (Å²) in [4.78, 5) is 0. The van der Waals surface area contributed by atoms with E-state index in [0.29, 0.717) is 0 Å². The Kier molecular flexibility index (Phi) is 3.90. The van der Waals surface area contributed by atoms with Gasteiger partial charge < -0.3 is 0 Å². The van der Waals surface area contributed by atoms with E-state index in [1.54, 1.807) is 51.4 Å². The first-order valence-electron chi connectivity index (χ1n) is 10.6. The van der Waals surface area contributed by atoms with Crippen molar-refractivity contribution in [2.45, 2.75) is 97.8 Å². The van der Waals surface area contributed by atoms with Gasteiger partial charge in [0, 0.05) is 0 Å². The Hall–Kier alpha value is 0. The van der Waals surface area contributed by atoms with Crippen LogP contribution in [0.5, 0.6) is 0 Å². The number of hydrogen-bond donors (Lipinski definition) is 0. The van der Waals surface area contributed by atoms with E-state index >= 15 is 0 Å². The van der Waals surface area contributed by atoms with Gasteiger partial charge in [0.25, 0.3) is 0 Å². The molecule has 0 spiro atoms. The molecule has 22 heavy (non-hydrogen) atoms. The van der Waals surface area contributed by atoms with Crippen LogP contribution in [0.15, 0.2) is 0 Å². The Morgan fingerprint density at radius 1 is 0.773 bits per heavy atom. The van der Waals surface area contributed by atoms with Crippen molar-refractivity contribution in [1.29, 1.82) is 0 Å². The van der Waals surface area contributed by atoms with E-state index in [9.17, 15) is 0 Å². The van der Waals surface area contributed by atoms with Crippen molar-refractivity contribution in [2.24, 2.45) is 40.4 Å². The molecular weight excluding hydrogens is 264 g/mol. The largest absolute Gasteiger partial charge is 0.0654 e. The maximum atomic E-state index is 2.72. The van der Waals surface area contributed by atoms with Gasteiger partial charge in [-0.1, -0.05) is 46.5 Å². The fraction of sp³-hybridized carbons (Fsp3) is 1.00. The molecule has 0 heterocycles. The summed E-state index contributed by atoms with van der Waals surface area (Å²) in [6, 6.07) is 0. The smallest absolute Gasteiger partial charge is 0.0266 e. The van der Waals surface area contributed by atoms with Crippen molar-refractivity contribution in [3.63, 3.8) is 0 Å². The molecule has 4 fully saturated rings. The Bertz CT molecular complexity index is 412. The molecule has 0 aromatic heterocycles. The molecule has 0 nitrogen and oxygen atoms in total. The standard InChI is InChI=1S/C22H38/c1-4-7-16-10-12-19-18-11-9-17-8-5-6-14-21(17,2)20(18)13-15-22(16,19)3/h16-20H,4-15H2,1-3H3/t16-,17?,18-,19-,20-,21-,22+/m0/s1. The van der Waals surface area contributed by atoms with Crippen molar-refractivity contribution in [2.75, 3.05) is 0 Å². The highest BCUT2D eigenvalue weighted by atomic mass is 14.6. The summed E-state index contributed by atoms with van der Waals surface area (Å²) in [6.45, 7) is 7.82. The molecular formula is C22H38. The van der Waals surface area contributed by atoms with Gasteiger partial charge in [-0.25, -0.2) is 0 Å². The van der Waals surface area contributed by atoms with Crippen LogP contribution in [-0.2, 0) is 0 Å². The number of rotatable bonds is 2. The van der Waals surface area contributed by atoms with Crippen LogP contribution >= 0.6 is 0 Å². The maximum Gasteiger partial charge on any atom is -0.0266 e. The van der Waals surface area contributed by atoms with E-state index in [1.807, 2.05) is 0 Å². The fourth-order valence-electron chi connectivity index (χ4n) is 8.23. The molecule has 0 bridgehead atoms. The van der Waals surface area contributed by atoms with Gasteiger partial charge in [0.15, 0.2) is 0 Å². The van der Waals surface area contributed by atoms with Gasteiger partial charge in [-0.05, 0) is 91.8 Å². The minimum Gasteiger partial charge on any atom is -0.0654 e. The molecule has 0 amide bonds. The van der Waals surface area contributed by atoms with Gasteiger partial charge in [0.1, 0.15) is 0 Å². The van der Waals surface area contributed by atoms with E-state index in [1.165, 1.54) is 25.7 Å². The Labute approximate surface area is 138 Å². The fourth-order valence-corrected chi connectivity index (χ4v) is 8.23. The minimum atomic E-state index is 0.717. The van der Waals surface area contributed by atoms with Crippen LogP contribution in [0.1, 0.15) is 97.8 Å². The number of fused-ring (bicyclic) bond motifs is 5. The molecule has 4 rings (SSSR count). The SMILES string of the molecule is CCC[C@H]1CC[C@H]2[C@@H]3CCC4CCCC[C@]4(C)[C@H]3CC[C@]12C. The lowest BCUT2D eigenvalue weighted by Crippen LogP contribution is -2.52. The number of hydrogen-bond acceptors (Lipinski definition) is 0. The normalized spacial score (nSPS) is 54.4. The molecule has 0 N–H and O–H groups in total. The van der Waals surface area contributed by atoms with E-state index in [4.69, 9.17) is 0 Å². The summed E-state index contributed by atoms with van der Waals surface area (Å²) < 4.78 is 0. The summed E-state index contributed by atoms with van der Waals surface area (Å²) in [5.74, 6) is 5.41. The monoisotopic (exact) mass is 302 g/mol. The second kappa shape index (κ2) is 5.52. The lowest BCUT2D eigenvalue weighted by Gasteiger charge is -2.60. The van der Waals surface area contributed by atoms with Crippen LogP contribution in [0, 0.1) is 40.4 Å². The van der Waals surface area contributed by atoms with Crippen LogP contribution in [0.25, 0.3) is 0 Å².